The van der Waals surface area contributed by atoms with Crippen molar-refractivity contribution in [2.24, 2.45) is 0 Å². The van der Waals surface area contributed by atoms with Crippen LogP contribution in [0.2, 0.25) is 0 Å². The summed E-state index contributed by atoms with van der Waals surface area (Å²) in [5, 5.41) is 4.17. The number of aromatic nitrogens is 2. The molecule has 0 fully saturated rings. The zero-order valence-corrected chi connectivity index (χ0v) is 20.0. The fraction of sp³-hybridized carbons (Fsp3) is 0.130. The van der Waals surface area contributed by atoms with Gasteiger partial charge >= 0.3 is 0 Å². The van der Waals surface area contributed by atoms with Crippen LogP contribution < -0.4 is 19.5 Å². The van der Waals surface area contributed by atoms with Crippen LogP contribution in [0.15, 0.2) is 69.9 Å². The van der Waals surface area contributed by atoms with E-state index in [0.29, 0.717) is 23.9 Å². The molecular formula is C23H19Br2N3O3. The van der Waals surface area contributed by atoms with Gasteiger partial charge in [-0.15, -0.1) is 0 Å². The van der Waals surface area contributed by atoms with E-state index >= 15 is 0 Å². The Morgan fingerprint density at radius 3 is 2.23 bits per heavy atom. The quantitative estimate of drug-likeness (QED) is 0.286. The Labute approximate surface area is 196 Å². The Hall–Kier alpha value is -2.84. The lowest BCUT2D eigenvalue weighted by atomic mass is 10.2. The zero-order valence-electron chi connectivity index (χ0n) is 16.9. The molecule has 31 heavy (non-hydrogen) atoms. The van der Waals surface area contributed by atoms with Crippen molar-refractivity contribution >= 4 is 54.3 Å². The van der Waals surface area contributed by atoms with Crippen LogP contribution in [0.3, 0.4) is 0 Å². The second-order valence-corrected chi connectivity index (χ2v) is 8.32. The number of nitrogens with zero attached hydrogens (tertiary/aromatic N) is 2. The van der Waals surface area contributed by atoms with Crippen molar-refractivity contribution in [3.8, 4) is 17.2 Å². The van der Waals surface area contributed by atoms with E-state index in [4.69, 9.17) is 14.2 Å². The van der Waals surface area contributed by atoms with Crippen LogP contribution in [-0.2, 0) is 6.61 Å². The molecule has 0 bridgehead atoms. The van der Waals surface area contributed by atoms with Gasteiger partial charge in [0.05, 0.1) is 28.7 Å². The van der Waals surface area contributed by atoms with E-state index in [-0.39, 0.29) is 0 Å². The first-order valence-electron chi connectivity index (χ1n) is 9.38. The molecule has 0 aliphatic rings. The summed E-state index contributed by atoms with van der Waals surface area (Å²) in [6.45, 7) is 0.475. The third-order valence-corrected chi connectivity index (χ3v) is 5.81. The normalized spacial score (nSPS) is 10.7. The molecule has 8 heteroatoms. The van der Waals surface area contributed by atoms with Crippen molar-refractivity contribution in [2.75, 3.05) is 19.5 Å². The van der Waals surface area contributed by atoms with Crippen molar-refractivity contribution in [2.45, 2.75) is 6.61 Å². The molecule has 0 radical (unpaired) electrons. The summed E-state index contributed by atoms with van der Waals surface area (Å²) >= 11 is 7.22. The number of halogens is 2. The molecule has 0 aliphatic carbocycles. The number of hydrogen-bond donors (Lipinski definition) is 1. The lowest BCUT2D eigenvalue weighted by Crippen LogP contribution is -2.00. The van der Waals surface area contributed by atoms with Crippen LogP contribution in [0.1, 0.15) is 5.56 Å². The Kier molecular flexibility index (Phi) is 6.58. The molecule has 0 saturated heterocycles. The van der Waals surface area contributed by atoms with Crippen LogP contribution in [0.5, 0.6) is 17.2 Å². The summed E-state index contributed by atoms with van der Waals surface area (Å²) in [6, 6.07) is 17.6. The van der Waals surface area contributed by atoms with Crippen molar-refractivity contribution in [1.82, 2.24) is 9.97 Å². The van der Waals surface area contributed by atoms with Crippen LogP contribution in [0.25, 0.3) is 10.9 Å². The van der Waals surface area contributed by atoms with Gasteiger partial charge in [-0.3, -0.25) is 0 Å². The minimum atomic E-state index is 0.475. The first-order chi connectivity index (χ1) is 15.1. The molecule has 0 spiro atoms. The highest BCUT2D eigenvalue weighted by Gasteiger charge is 2.14. The SMILES string of the molecule is COc1cc2ncnc(Nc3cc(Br)c(OCc4ccccc4)c(Br)c3)c2cc1OC. The highest BCUT2D eigenvalue weighted by Crippen LogP contribution is 2.39. The van der Waals surface area contributed by atoms with E-state index in [1.807, 2.05) is 54.6 Å². The molecule has 3 aromatic carbocycles. The number of fused-ring (bicyclic) bond motifs is 1. The van der Waals surface area contributed by atoms with E-state index in [1.54, 1.807) is 14.2 Å². The van der Waals surface area contributed by atoms with Gasteiger partial charge in [0.1, 0.15) is 24.5 Å². The van der Waals surface area contributed by atoms with E-state index in [0.717, 1.165) is 36.8 Å². The molecule has 0 saturated carbocycles. The molecule has 0 atom stereocenters. The minimum Gasteiger partial charge on any atom is -0.493 e. The molecule has 158 valence electrons. The molecule has 1 N–H and O–H groups in total. The third kappa shape index (κ3) is 4.75. The molecule has 4 aromatic rings. The Bertz CT molecular complexity index is 1200. The topological polar surface area (TPSA) is 65.5 Å². The number of hydrogen-bond acceptors (Lipinski definition) is 6. The van der Waals surface area contributed by atoms with Gasteiger partial charge in [0.25, 0.3) is 0 Å². The molecule has 6 nitrogen and oxygen atoms in total. The predicted octanol–water partition coefficient (Wildman–Crippen LogP) is 6.49. The van der Waals surface area contributed by atoms with Gasteiger partial charge in [-0.1, -0.05) is 30.3 Å². The van der Waals surface area contributed by atoms with Gasteiger partial charge in [0.15, 0.2) is 11.5 Å². The van der Waals surface area contributed by atoms with E-state index in [1.165, 1.54) is 6.33 Å². The molecule has 1 heterocycles. The van der Waals surface area contributed by atoms with Crippen molar-refractivity contribution < 1.29 is 14.2 Å². The molecule has 0 aliphatic heterocycles. The number of nitrogens with one attached hydrogen (secondary N) is 1. The maximum atomic E-state index is 6.01. The average molecular weight is 545 g/mol. The van der Waals surface area contributed by atoms with Gasteiger partial charge in [0, 0.05) is 17.1 Å². The van der Waals surface area contributed by atoms with Gasteiger partial charge in [-0.05, 0) is 55.6 Å². The van der Waals surface area contributed by atoms with Crippen LogP contribution in [0, 0.1) is 0 Å². The summed E-state index contributed by atoms with van der Waals surface area (Å²) in [7, 11) is 3.20. The number of rotatable bonds is 7. The molecule has 1 aromatic heterocycles. The minimum absolute atomic E-state index is 0.475. The zero-order chi connectivity index (χ0) is 21.8. The van der Waals surface area contributed by atoms with E-state index < -0.39 is 0 Å². The standard InChI is InChI=1S/C23H19Br2N3O3/c1-29-20-10-16-19(11-21(20)30-2)26-13-27-23(16)28-15-8-17(24)22(18(25)9-15)31-12-14-6-4-3-5-7-14/h3-11,13H,12H2,1-2H3,(H,26,27,28). The number of methoxy groups -OCH3 is 2. The highest BCUT2D eigenvalue weighted by molar-refractivity contribution is 9.11. The molecule has 0 unspecified atom stereocenters. The van der Waals surface area contributed by atoms with Gasteiger partial charge in [-0.2, -0.15) is 0 Å². The van der Waals surface area contributed by atoms with Crippen molar-refractivity contribution in [3.63, 3.8) is 0 Å². The number of benzene rings is 3. The average Bonchev–Trinajstić information content (AvgIpc) is 2.78. The molecular weight excluding hydrogens is 526 g/mol. The lowest BCUT2D eigenvalue weighted by molar-refractivity contribution is 0.302. The molecule has 0 amide bonds. The number of anilines is 2. The van der Waals surface area contributed by atoms with Crippen LogP contribution in [-0.4, -0.2) is 24.2 Å². The summed E-state index contributed by atoms with van der Waals surface area (Å²) < 4.78 is 18.4. The van der Waals surface area contributed by atoms with Crippen molar-refractivity contribution in [3.05, 3.63) is 75.4 Å². The Balaban J connectivity index is 1.61. The van der Waals surface area contributed by atoms with Crippen LogP contribution in [0.4, 0.5) is 11.5 Å². The maximum absolute atomic E-state index is 6.01. The van der Waals surface area contributed by atoms with Crippen LogP contribution >= 0.6 is 31.9 Å². The van der Waals surface area contributed by atoms with Crippen molar-refractivity contribution in [1.29, 1.82) is 0 Å². The highest BCUT2D eigenvalue weighted by atomic mass is 79.9. The second kappa shape index (κ2) is 9.53. The smallest absolute Gasteiger partial charge is 0.162 e. The van der Waals surface area contributed by atoms with E-state index in [9.17, 15) is 0 Å². The maximum Gasteiger partial charge on any atom is 0.162 e. The first-order valence-corrected chi connectivity index (χ1v) is 11.0. The summed E-state index contributed by atoms with van der Waals surface area (Å²) in [6.07, 6.45) is 1.51. The third-order valence-electron chi connectivity index (χ3n) is 4.63. The summed E-state index contributed by atoms with van der Waals surface area (Å²) in [4.78, 5) is 8.76. The fourth-order valence-corrected chi connectivity index (χ4v) is 4.53. The van der Waals surface area contributed by atoms with E-state index in [2.05, 4.69) is 47.1 Å². The monoisotopic (exact) mass is 543 g/mol. The fourth-order valence-electron chi connectivity index (χ4n) is 3.12. The Morgan fingerprint density at radius 2 is 1.55 bits per heavy atom. The van der Waals surface area contributed by atoms with Gasteiger partial charge in [0.2, 0.25) is 0 Å². The second-order valence-electron chi connectivity index (χ2n) is 6.61. The molecule has 4 rings (SSSR count). The van der Waals surface area contributed by atoms with Gasteiger partial charge < -0.3 is 19.5 Å². The number of ether oxygens (including phenoxy) is 3. The largest absolute Gasteiger partial charge is 0.493 e. The first kappa shape index (κ1) is 21.4. The predicted molar refractivity (Wildman–Crippen MR) is 129 cm³/mol. The summed E-state index contributed by atoms with van der Waals surface area (Å²) in [5.74, 6) is 2.61. The lowest BCUT2D eigenvalue weighted by Gasteiger charge is -2.15. The summed E-state index contributed by atoms with van der Waals surface area (Å²) in [5.41, 5.74) is 2.68. The Morgan fingerprint density at radius 1 is 0.871 bits per heavy atom. The van der Waals surface area contributed by atoms with Gasteiger partial charge in [-0.25, -0.2) is 9.97 Å².